The summed E-state index contributed by atoms with van der Waals surface area (Å²) in [6.07, 6.45) is 4.90. The molecule has 0 radical (unpaired) electrons. The Labute approximate surface area is 98.2 Å². The Morgan fingerprint density at radius 1 is 1.44 bits per heavy atom. The van der Waals surface area contributed by atoms with E-state index in [4.69, 9.17) is 9.15 Å². The predicted molar refractivity (Wildman–Crippen MR) is 65.6 cm³/mol. The topological polar surface area (TPSA) is 34.4 Å². The van der Waals surface area contributed by atoms with Crippen molar-refractivity contribution >= 4 is 0 Å². The Balaban J connectivity index is 2.61. The van der Waals surface area contributed by atoms with E-state index in [0.717, 1.165) is 38.2 Å². The second kappa shape index (κ2) is 7.47. The number of aryl methyl sites for hydroxylation is 1. The van der Waals surface area contributed by atoms with Crippen molar-refractivity contribution in [3.63, 3.8) is 0 Å². The van der Waals surface area contributed by atoms with Crippen molar-refractivity contribution in [2.24, 2.45) is 0 Å². The normalized spacial score (nSPS) is 12.9. The lowest BCUT2D eigenvalue weighted by atomic mass is 10.0. The Kier molecular flexibility index (Phi) is 6.19. The Hall–Kier alpha value is -0.800. The van der Waals surface area contributed by atoms with Gasteiger partial charge in [0.2, 0.25) is 0 Å². The molecule has 0 fully saturated rings. The summed E-state index contributed by atoms with van der Waals surface area (Å²) in [5.74, 6) is 1.10. The zero-order valence-corrected chi connectivity index (χ0v) is 10.6. The lowest BCUT2D eigenvalue weighted by molar-refractivity contribution is 0.188. The van der Waals surface area contributed by atoms with Crippen molar-refractivity contribution in [2.75, 3.05) is 20.3 Å². The van der Waals surface area contributed by atoms with E-state index in [1.807, 2.05) is 0 Å². The van der Waals surface area contributed by atoms with Crippen molar-refractivity contribution in [3.05, 3.63) is 23.7 Å². The number of ether oxygens (including phenoxy) is 1. The highest BCUT2D eigenvalue weighted by Crippen LogP contribution is 2.23. The van der Waals surface area contributed by atoms with Gasteiger partial charge in [0, 0.05) is 31.7 Å². The highest BCUT2D eigenvalue weighted by Gasteiger charge is 2.15. The van der Waals surface area contributed by atoms with Crippen molar-refractivity contribution < 1.29 is 9.15 Å². The lowest BCUT2D eigenvalue weighted by Gasteiger charge is -2.17. The highest BCUT2D eigenvalue weighted by molar-refractivity contribution is 5.21. The molecule has 1 atom stereocenters. The lowest BCUT2D eigenvalue weighted by Crippen LogP contribution is -2.21. The monoisotopic (exact) mass is 225 g/mol. The van der Waals surface area contributed by atoms with Crippen LogP contribution in [0.5, 0.6) is 0 Å². The van der Waals surface area contributed by atoms with Crippen LogP contribution in [-0.2, 0) is 11.2 Å². The van der Waals surface area contributed by atoms with Gasteiger partial charge in [0.15, 0.2) is 0 Å². The van der Waals surface area contributed by atoms with Crippen molar-refractivity contribution in [1.29, 1.82) is 0 Å². The van der Waals surface area contributed by atoms with Crippen LogP contribution in [0.3, 0.4) is 0 Å². The summed E-state index contributed by atoms with van der Waals surface area (Å²) < 4.78 is 10.6. The van der Waals surface area contributed by atoms with Crippen LogP contribution in [0.15, 0.2) is 16.7 Å². The summed E-state index contributed by atoms with van der Waals surface area (Å²) in [6, 6.07) is 2.48. The van der Waals surface area contributed by atoms with Crippen molar-refractivity contribution in [2.45, 2.75) is 39.2 Å². The molecule has 1 rings (SSSR count). The molecule has 3 nitrogen and oxygen atoms in total. The van der Waals surface area contributed by atoms with E-state index in [0.29, 0.717) is 6.04 Å². The quantitative estimate of drug-likeness (QED) is 0.691. The van der Waals surface area contributed by atoms with Crippen LogP contribution in [0.25, 0.3) is 0 Å². The average molecular weight is 225 g/mol. The number of hydrogen-bond acceptors (Lipinski definition) is 3. The molecular formula is C13H23NO2. The molecule has 1 heterocycles. The van der Waals surface area contributed by atoms with Crippen LogP contribution < -0.4 is 5.32 Å². The number of rotatable bonds is 8. The summed E-state index contributed by atoms with van der Waals surface area (Å²) >= 11 is 0. The maximum absolute atomic E-state index is 5.48. The molecule has 1 unspecified atom stereocenters. The van der Waals surface area contributed by atoms with E-state index in [1.54, 1.807) is 13.4 Å². The first-order valence-corrected chi connectivity index (χ1v) is 6.12. The maximum atomic E-state index is 5.48. The zero-order chi connectivity index (χ0) is 11.8. The molecule has 0 aromatic carbocycles. The Morgan fingerprint density at radius 2 is 2.25 bits per heavy atom. The smallest absolute Gasteiger partial charge is 0.108 e. The predicted octanol–water partition coefficient (Wildman–Crippen LogP) is 2.92. The zero-order valence-electron chi connectivity index (χ0n) is 10.6. The van der Waals surface area contributed by atoms with Gasteiger partial charge in [0.1, 0.15) is 5.76 Å². The third-order valence-corrected chi connectivity index (χ3v) is 2.77. The SMILES string of the molecule is CCNC(CCCOC)c1ccoc1CC. The van der Waals surface area contributed by atoms with Crippen LogP contribution in [0.4, 0.5) is 0 Å². The second-order valence-electron chi connectivity index (χ2n) is 3.90. The number of nitrogens with one attached hydrogen (secondary N) is 1. The van der Waals surface area contributed by atoms with Crippen molar-refractivity contribution in [1.82, 2.24) is 5.32 Å². The number of hydrogen-bond donors (Lipinski definition) is 1. The van der Waals surface area contributed by atoms with Gasteiger partial charge in [-0.05, 0) is 25.5 Å². The average Bonchev–Trinajstić information content (AvgIpc) is 2.76. The Morgan fingerprint density at radius 3 is 2.88 bits per heavy atom. The van der Waals surface area contributed by atoms with Crippen LogP contribution in [0.2, 0.25) is 0 Å². The minimum Gasteiger partial charge on any atom is -0.469 e. The maximum Gasteiger partial charge on any atom is 0.108 e. The van der Waals surface area contributed by atoms with E-state index in [2.05, 4.69) is 25.2 Å². The van der Waals surface area contributed by atoms with E-state index in [1.165, 1.54) is 5.56 Å². The summed E-state index contributed by atoms with van der Waals surface area (Å²) in [6.45, 7) is 6.06. The van der Waals surface area contributed by atoms with Gasteiger partial charge >= 0.3 is 0 Å². The summed E-state index contributed by atoms with van der Waals surface area (Å²) in [4.78, 5) is 0. The first-order valence-electron chi connectivity index (χ1n) is 6.12. The van der Waals surface area contributed by atoms with Crippen LogP contribution in [0, 0.1) is 0 Å². The molecule has 92 valence electrons. The number of furan rings is 1. The minimum atomic E-state index is 0.397. The molecule has 0 spiro atoms. The van der Waals surface area contributed by atoms with Gasteiger partial charge in [-0.3, -0.25) is 0 Å². The van der Waals surface area contributed by atoms with Gasteiger partial charge < -0.3 is 14.5 Å². The molecule has 0 saturated carbocycles. The van der Waals surface area contributed by atoms with Crippen LogP contribution in [0.1, 0.15) is 44.1 Å². The van der Waals surface area contributed by atoms with Gasteiger partial charge in [-0.15, -0.1) is 0 Å². The molecule has 0 bridgehead atoms. The highest BCUT2D eigenvalue weighted by atomic mass is 16.5. The fourth-order valence-electron chi connectivity index (χ4n) is 1.99. The first kappa shape index (κ1) is 13.3. The van der Waals surface area contributed by atoms with Crippen LogP contribution >= 0.6 is 0 Å². The Bertz CT molecular complexity index is 283. The fraction of sp³-hybridized carbons (Fsp3) is 0.692. The second-order valence-corrected chi connectivity index (χ2v) is 3.90. The minimum absolute atomic E-state index is 0.397. The molecule has 0 saturated heterocycles. The molecular weight excluding hydrogens is 202 g/mol. The molecule has 0 aliphatic rings. The van der Waals surface area contributed by atoms with Gasteiger partial charge in [-0.2, -0.15) is 0 Å². The summed E-state index contributed by atoms with van der Waals surface area (Å²) in [5, 5.41) is 3.50. The van der Waals surface area contributed by atoms with E-state index < -0.39 is 0 Å². The van der Waals surface area contributed by atoms with Gasteiger partial charge in [0.25, 0.3) is 0 Å². The van der Waals surface area contributed by atoms with Crippen LogP contribution in [-0.4, -0.2) is 20.3 Å². The molecule has 1 aromatic rings. The van der Waals surface area contributed by atoms with E-state index >= 15 is 0 Å². The van der Waals surface area contributed by atoms with E-state index in [-0.39, 0.29) is 0 Å². The largest absolute Gasteiger partial charge is 0.469 e. The van der Waals surface area contributed by atoms with Gasteiger partial charge in [-0.25, -0.2) is 0 Å². The summed E-state index contributed by atoms with van der Waals surface area (Å²) in [7, 11) is 1.75. The fourth-order valence-corrected chi connectivity index (χ4v) is 1.99. The standard InChI is InChI=1S/C13H23NO2/c1-4-13-11(8-10-16-13)12(14-5-2)7-6-9-15-3/h8,10,12,14H,4-7,9H2,1-3H3. The van der Waals surface area contributed by atoms with Gasteiger partial charge in [0.05, 0.1) is 6.26 Å². The third-order valence-electron chi connectivity index (χ3n) is 2.77. The third kappa shape index (κ3) is 3.65. The molecule has 1 aromatic heterocycles. The molecule has 0 amide bonds. The first-order chi connectivity index (χ1) is 7.83. The number of methoxy groups -OCH3 is 1. The molecule has 1 N–H and O–H groups in total. The van der Waals surface area contributed by atoms with E-state index in [9.17, 15) is 0 Å². The molecule has 0 aliphatic heterocycles. The molecule has 16 heavy (non-hydrogen) atoms. The molecule has 3 heteroatoms. The van der Waals surface area contributed by atoms with Gasteiger partial charge in [-0.1, -0.05) is 13.8 Å². The molecule has 0 aliphatic carbocycles. The van der Waals surface area contributed by atoms with Crippen molar-refractivity contribution in [3.8, 4) is 0 Å². The summed E-state index contributed by atoms with van der Waals surface area (Å²) in [5.41, 5.74) is 1.31.